The van der Waals surface area contributed by atoms with E-state index < -0.39 is 0 Å². The van der Waals surface area contributed by atoms with Crippen LogP contribution in [0.3, 0.4) is 0 Å². The molecule has 31 heavy (non-hydrogen) atoms. The number of anilines is 5. The zero-order chi connectivity index (χ0) is 22.0. The number of aliphatic hydroxyl groups is 1. The molecule has 2 aromatic carbocycles. The summed E-state index contributed by atoms with van der Waals surface area (Å²) in [5, 5.41) is 24.5. The SMILES string of the molecule is Cc1cc(CO)cc(C)c1N1CCC(=O)Nc2cnc(Nc3ccc(C#N)cc3)nc21. The third-order valence-electron chi connectivity index (χ3n) is 5.13. The monoisotopic (exact) mass is 414 g/mol. The molecule has 1 aromatic heterocycles. The van der Waals surface area contributed by atoms with Gasteiger partial charge >= 0.3 is 0 Å². The van der Waals surface area contributed by atoms with Crippen LogP contribution in [-0.4, -0.2) is 27.5 Å². The first-order valence-corrected chi connectivity index (χ1v) is 9.91. The molecular formula is C23H22N6O2. The number of rotatable bonds is 4. The van der Waals surface area contributed by atoms with Gasteiger partial charge in [-0.1, -0.05) is 12.1 Å². The molecule has 0 saturated heterocycles. The number of hydrogen-bond acceptors (Lipinski definition) is 7. The van der Waals surface area contributed by atoms with Crippen molar-refractivity contribution >= 4 is 34.7 Å². The topological polar surface area (TPSA) is 114 Å². The zero-order valence-electron chi connectivity index (χ0n) is 17.3. The first-order chi connectivity index (χ1) is 15.0. The average molecular weight is 414 g/mol. The van der Waals surface area contributed by atoms with Crippen molar-refractivity contribution in [3.8, 4) is 6.07 Å². The zero-order valence-corrected chi connectivity index (χ0v) is 17.3. The van der Waals surface area contributed by atoms with E-state index in [1.54, 1.807) is 30.5 Å². The van der Waals surface area contributed by atoms with Crippen LogP contribution in [0.25, 0.3) is 0 Å². The Kier molecular flexibility index (Phi) is 5.52. The van der Waals surface area contributed by atoms with Crippen molar-refractivity contribution in [2.75, 3.05) is 22.1 Å². The Morgan fingerprint density at radius 2 is 1.94 bits per heavy atom. The number of aromatic nitrogens is 2. The van der Waals surface area contributed by atoms with Crippen LogP contribution in [0.1, 0.15) is 28.7 Å². The number of carbonyl (C=O) groups excluding carboxylic acids is 1. The molecule has 1 aliphatic rings. The lowest BCUT2D eigenvalue weighted by atomic mass is 10.0. The van der Waals surface area contributed by atoms with Crippen LogP contribution in [-0.2, 0) is 11.4 Å². The Morgan fingerprint density at radius 3 is 2.58 bits per heavy atom. The van der Waals surface area contributed by atoms with E-state index in [9.17, 15) is 9.90 Å². The van der Waals surface area contributed by atoms with Crippen LogP contribution in [0.15, 0.2) is 42.6 Å². The minimum atomic E-state index is -0.0950. The summed E-state index contributed by atoms with van der Waals surface area (Å²) in [6.45, 7) is 4.41. The molecule has 0 aliphatic carbocycles. The van der Waals surface area contributed by atoms with Gasteiger partial charge in [0, 0.05) is 24.3 Å². The quantitative estimate of drug-likeness (QED) is 0.597. The second-order valence-electron chi connectivity index (χ2n) is 7.43. The van der Waals surface area contributed by atoms with Crippen LogP contribution < -0.4 is 15.5 Å². The number of nitrogens with zero attached hydrogens (tertiary/aromatic N) is 4. The fraction of sp³-hybridized carbons (Fsp3) is 0.217. The molecule has 0 unspecified atom stereocenters. The molecule has 0 radical (unpaired) electrons. The van der Waals surface area contributed by atoms with Gasteiger partial charge in [-0.25, -0.2) is 4.98 Å². The van der Waals surface area contributed by atoms with Crippen molar-refractivity contribution < 1.29 is 9.90 Å². The third-order valence-corrected chi connectivity index (χ3v) is 5.13. The number of fused-ring (bicyclic) bond motifs is 1. The maximum absolute atomic E-state index is 12.3. The van der Waals surface area contributed by atoms with E-state index in [2.05, 4.69) is 21.7 Å². The van der Waals surface area contributed by atoms with Gasteiger partial charge < -0.3 is 20.6 Å². The van der Waals surface area contributed by atoms with E-state index in [1.807, 2.05) is 30.9 Å². The molecule has 0 fully saturated rings. The predicted octanol–water partition coefficient (Wildman–Crippen LogP) is 3.68. The standard InChI is InChI=1S/C23H22N6O2/c1-14-9-17(13-30)10-15(2)21(14)29-8-7-20(31)27-19-12-25-23(28-22(19)29)26-18-5-3-16(11-24)4-6-18/h3-6,9-10,12,30H,7-8,13H2,1-2H3,(H,27,31)(H,25,26,28). The number of aryl methyl sites for hydroxylation is 2. The molecule has 8 heteroatoms. The molecule has 1 amide bonds. The van der Waals surface area contributed by atoms with Gasteiger partial charge in [0.05, 0.1) is 24.4 Å². The first-order valence-electron chi connectivity index (χ1n) is 9.91. The van der Waals surface area contributed by atoms with Crippen LogP contribution in [0.4, 0.5) is 28.8 Å². The summed E-state index contributed by atoms with van der Waals surface area (Å²) in [5.74, 6) is 0.884. The van der Waals surface area contributed by atoms with E-state index in [0.717, 1.165) is 28.1 Å². The fourth-order valence-corrected chi connectivity index (χ4v) is 3.80. The highest BCUT2D eigenvalue weighted by Gasteiger charge is 2.25. The maximum Gasteiger partial charge on any atom is 0.229 e. The number of hydrogen-bond donors (Lipinski definition) is 3. The Bertz CT molecular complexity index is 1160. The van der Waals surface area contributed by atoms with Crippen molar-refractivity contribution in [2.24, 2.45) is 0 Å². The third kappa shape index (κ3) is 4.17. The highest BCUT2D eigenvalue weighted by Crippen LogP contribution is 2.37. The molecule has 8 nitrogen and oxygen atoms in total. The Balaban J connectivity index is 1.76. The average Bonchev–Trinajstić information content (AvgIpc) is 2.92. The minimum Gasteiger partial charge on any atom is -0.392 e. The van der Waals surface area contributed by atoms with Crippen LogP contribution in [0, 0.1) is 25.2 Å². The van der Waals surface area contributed by atoms with E-state index in [1.165, 1.54) is 0 Å². The predicted molar refractivity (Wildman–Crippen MR) is 119 cm³/mol. The number of nitrogens with one attached hydrogen (secondary N) is 2. The molecule has 3 aromatic rings. The molecular weight excluding hydrogens is 392 g/mol. The largest absolute Gasteiger partial charge is 0.392 e. The summed E-state index contributed by atoms with van der Waals surface area (Å²) in [4.78, 5) is 23.3. The summed E-state index contributed by atoms with van der Waals surface area (Å²) in [5.41, 5.74) is 5.64. The number of benzene rings is 2. The second kappa shape index (κ2) is 8.42. The lowest BCUT2D eigenvalue weighted by Gasteiger charge is -2.27. The van der Waals surface area contributed by atoms with Gasteiger partial charge in [-0.15, -0.1) is 0 Å². The highest BCUT2D eigenvalue weighted by molar-refractivity contribution is 5.97. The molecule has 0 saturated carbocycles. The summed E-state index contributed by atoms with van der Waals surface area (Å²) in [7, 11) is 0. The highest BCUT2D eigenvalue weighted by atomic mass is 16.3. The molecule has 2 heterocycles. The van der Waals surface area contributed by atoms with Gasteiger partial charge in [0.2, 0.25) is 11.9 Å². The normalized spacial score (nSPS) is 13.1. The smallest absolute Gasteiger partial charge is 0.229 e. The van der Waals surface area contributed by atoms with Crippen LogP contribution in [0.5, 0.6) is 0 Å². The lowest BCUT2D eigenvalue weighted by molar-refractivity contribution is -0.115. The lowest BCUT2D eigenvalue weighted by Crippen LogP contribution is -2.22. The van der Waals surface area contributed by atoms with Gasteiger partial charge in [0.15, 0.2) is 5.82 Å². The molecule has 156 valence electrons. The number of aliphatic hydroxyl groups excluding tert-OH is 1. The Hall–Kier alpha value is -3.96. The van der Waals surface area contributed by atoms with E-state index in [4.69, 9.17) is 10.2 Å². The van der Waals surface area contributed by atoms with E-state index in [0.29, 0.717) is 36.0 Å². The maximum atomic E-state index is 12.3. The summed E-state index contributed by atoms with van der Waals surface area (Å²) in [6.07, 6.45) is 1.91. The van der Waals surface area contributed by atoms with Gasteiger partial charge in [0.1, 0.15) is 5.69 Å². The summed E-state index contributed by atoms with van der Waals surface area (Å²) in [6, 6.07) is 13.0. The molecule has 0 spiro atoms. The number of nitriles is 1. The molecule has 3 N–H and O–H groups in total. The Labute approximate surface area is 180 Å². The molecule has 1 aliphatic heterocycles. The van der Waals surface area contributed by atoms with E-state index >= 15 is 0 Å². The minimum absolute atomic E-state index is 0.0284. The van der Waals surface area contributed by atoms with Crippen molar-refractivity contribution in [1.82, 2.24) is 9.97 Å². The summed E-state index contributed by atoms with van der Waals surface area (Å²) >= 11 is 0. The molecule has 0 bridgehead atoms. The first kappa shape index (κ1) is 20.3. The Morgan fingerprint density at radius 1 is 1.23 bits per heavy atom. The molecule has 0 atom stereocenters. The van der Waals surface area contributed by atoms with E-state index in [-0.39, 0.29) is 12.5 Å². The number of carbonyl (C=O) groups is 1. The number of amides is 1. The van der Waals surface area contributed by atoms with Crippen molar-refractivity contribution in [3.63, 3.8) is 0 Å². The van der Waals surface area contributed by atoms with Crippen LogP contribution >= 0.6 is 0 Å². The van der Waals surface area contributed by atoms with Gasteiger partial charge in [-0.3, -0.25) is 4.79 Å². The van der Waals surface area contributed by atoms with Crippen molar-refractivity contribution in [2.45, 2.75) is 26.9 Å². The van der Waals surface area contributed by atoms with Crippen molar-refractivity contribution in [1.29, 1.82) is 5.26 Å². The van der Waals surface area contributed by atoms with Gasteiger partial charge in [-0.2, -0.15) is 10.2 Å². The second-order valence-corrected chi connectivity index (χ2v) is 7.43. The van der Waals surface area contributed by atoms with Crippen LogP contribution in [0.2, 0.25) is 0 Å². The summed E-state index contributed by atoms with van der Waals surface area (Å²) < 4.78 is 0. The van der Waals surface area contributed by atoms with Gasteiger partial charge in [-0.05, 0) is 54.8 Å². The van der Waals surface area contributed by atoms with Gasteiger partial charge in [0.25, 0.3) is 0 Å². The van der Waals surface area contributed by atoms with Crippen molar-refractivity contribution in [3.05, 3.63) is 64.8 Å². The fourth-order valence-electron chi connectivity index (χ4n) is 3.80. The molecule has 4 rings (SSSR count).